The van der Waals surface area contributed by atoms with Gasteiger partial charge in [0.25, 0.3) is 0 Å². The molecule has 10 heteroatoms. The van der Waals surface area contributed by atoms with Gasteiger partial charge in [-0.3, -0.25) is 14.7 Å². The second-order valence-corrected chi connectivity index (χ2v) is 8.58. The van der Waals surface area contributed by atoms with Crippen LogP contribution in [0.2, 0.25) is 0 Å². The Balaban J connectivity index is 1.68. The molecule has 0 spiro atoms. The molecular weight excluding hydrogens is 396 g/mol. The molecule has 1 saturated heterocycles. The number of hydrogen-bond donors (Lipinski definition) is 2. The average Bonchev–Trinajstić information content (AvgIpc) is 3.21. The highest BCUT2D eigenvalue weighted by molar-refractivity contribution is 8.00. The molecule has 1 fully saturated rings. The third-order valence-electron chi connectivity index (χ3n) is 4.20. The lowest BCUT2D eigenvalue weighted by Crippen LogP contribution is -2.54. The van der Waals surface area contributed by atoms with E-state index in [2.05, 4.69) is 32.3 Å². The summed E-state index contributed by atoms with van der Waals surface area (Å²) >= 11 is 3.48. The quantitative estimate of drug-likeness (QED) is 0.235. The van der Waals surface area contributed by atoms with E-state index in [9.17, 15) is 4.79 Å². The first-order valence-electron chi connectivity index (χ1n) is 9.76. The van der Waals surface area contributed by atoms with Crippen molar-refractivity contribution >= 4 is 35.0 Å². The van der Waals surface area contributed by atoms with Crippen molar-refractivity contribution in [1.82, 2.24) is 25.4 Å². The molecule has 8 nitrogen and oxygen atoms in total. The molecule has 0 aromatic carbocycles. The maximum absolute atomic E-state index is 11.9. The Morgan fingerprint density at radius 2 is 2.18 bits per heavy atom. The largest absolute Gasteiger partial charge is 0.383 e. The summed E-state index contributed by atoms with van der Waals surface area (Å²) in [5.41, 5.74) is 0. The molecule has 1 amide bonds. The van der Waals surface area contributed by atoms with E-state index in [1.54, 1.807) is 30.2 Å². The molecule has 1 aliphatic rings. The number of carbonyl (C=O) groups is 1. The molecular formula is C18H32N6O2S2. The zero-order valence-electron chi connectivity index (χ0n) is 16.9. The number of nitrogens with one attached hydrogen (secondary N) is 2. The van der Waals surface area contributed by atoms with Crippen LogP contribution >= 0.6 is 23.1 Å². The van der Waals surface area contributed by atoms with Gasteiger partial charge in [-0.2, -0.15) is 0 Å². The first kappa shape index (κ1) is 22.9. The Kier molecular flexibility index (Phi) is 11.3. The summed E-state index contributed by atoms with van der Waals surface area (Å²) in [4.78, 5) is 25.5. The molecule has 0 unspecified atom stereocenters. The fraction of sp³-hybridized carbons (Fsp3) is 0.722. The number of thioether (sulfide) groups is 1. The Morgan fingerprint density at radius 1 is 1.36 bits per heavy atom. The number of methoxy groups -OCH3 is 1. The average molecular weight is 429 g/mol. The smallest absolute Gasteiger partial charge is 0.234 e. The molecule has 1 aromatic heterocycles. The van der Waals surface area contributed by atoms with Crippen LogP contribution in [0.1, 0.15) is 13.3 Å². The molecule has 2 rings (SSSR count). The van der Waals surface area contributed by atoms with E-state index in [4.69, 9.17) is 9.73 Å². The molecule has 0 aliphatic carbocycles. The van der Waals surface area contributed by atoms with Crippen molar-refractivity contribution in [3.8, 4) is 0 Å². The summed E-state index contributed by atoms with van der Waals surface area (Å²) in [5.74, 6) is 2.07. The molecule has 0 saturated carbocycles. The van der Waals surface area contributed by atoms with Gasteiger partial charge in [-0.05, 0) is 13.3 Å². The van der Waals surface area contributed by atoms with E-state index in [0.717, 1.165) is 61.7 Å². The number of rotatable bonds is 11. The summed E-state index contributed by atoms with van der Waals surface area (Å²) in [6, 6.07) is 0. The van der Waals surface area contributed by atoms with Crippen LogP contribution in [0.15, 0.2) is 20.9 Å². The number of thiazole rings is 1. The van der Waals surface area contributed by atoms with Gasteiger partial charge in [0, 0.05) is 70.3 Å². The van der Waals surface area contributed by atoms with Gasteiger partial charge >= 0.3 is 0 Å². The van der Waals surface area contributed by atoms with Crippen molar-refractivity contribution in [3.05, 3.63) is 11.6 Å². The molecule has 158 valence electrons. The van der Waals surface area contributed by atoms with Crippen LogP contribution in [-0.4, -0.2) is 98.5 Å². The predicted octanol–water partition coefficient (Wildman–Crippen LogP) is 0.971. The maximum Gasteiger partial charge on any atom is 0.234 e. The van der Waals surface area contributed by atoms with E-state index in [1.807, 2.05) is 11.6 Å². The minimum Gasteiger partial charge on any atom is -0.383 e. The van der Waals surface area contributed by atoms with Crippen molar-refractivity contribution < 1.29 is 9.53 Å². The number of amides is 1. The molecule has 2 N–H and O–H groups in total. The first-order valence-corrected chi connectivity index (χ1v) is 11.6. The predicted molar refractivity (Wildman–Crippen MR) is 116 cm³/mol. The van der Waals surface area contributed by atoms with Crippen molar-refractivity contribution in [2.75, 3.05) is 71.8 Å². The first-order chi connectivity index (χ1) is 13.7. The zero-order chi connectivity index (χ0) is 20.0. The van der Waals surface area contributed by atoms with Gasteiger partial charge < -0.3 is 20.3 Å². The molecule has 0 atom stereocenters. The van der Waals surface area contributed by atoms with Crippen LogP contribution in [0.4, 0.5) is 0 Å². The van der Waals surface area contributed by atoms with E-state index in [0.29, 0.717) is 19.7 Å². The number of carbonyl (C=O) groups excluding carboxylic acids is 1. The molecule has 0 bridgehead atoms. The van der Waals surface area contributed by atoms with E-state index in [1.165, 1.54) is 0 Å². The summed E-state index contributed by atoms with van der Waals surface area (Å²) in [5, 5.41) is 8.27. The van der Waals surface area contributed by atoms with Crippen LogP contribution in [0.5, 0.6) is 0 Å². The standard InChI is InChI=1S/C18H32N6O2S2/c1-3-19-17(21-5-4-13-27-18-22-7-14-28-18)24-10-8-23(9-11-24)15-16(25)20-6-12-26-2/h7,14H,3-6,8-13,15H2,1-2H3,(H,19,21)(H,20,25). The molecule has 1 aromatic rings. The SMILES string of the molecule is CCNC(=NCCCSc1nccs1)N1CCN(CC(=O)NCCOC)CC1. The Labute approximate surface area is 176 Å². The van der Waals surface area contributed by atoms with Crippen LogP contribution in [0.3, 0.4) is 0 Å². The Morgan fingerprint density at radius 3 is 2.86 bits per heavy atom. The van der Waals surface area contributed by atoms with Crippen molar-refractivity contribution in [3.63, 3.8) is 0 Å². The van der Waals surface area contributed by atoms with Crippen LogP contribution in [-0.2, 0) is 9.53 Å². The number of ether oxygens (including phenoxy) is 1. The summed E-state index contributed by atoms with van der Waals surface area (Å²) < 4.78 is 6.08. The third kappa shape index (κ3) is 8.76. The Hall–Kier alpha value is -1.36. The minimum atomic E-state index is 0.0591. The number of aromatic nitrogens is 1. The highest BCUT2D eigenvalue weighted by Crippen LogP contribution is 2.20. The van der Waals surface area contributed by atoms with Crippen LogP contribution in [0, 0.1) is 0 Å². The summed E-state index contributed by atoms with van der Waals surface area (Å²) in [6.07, 6.45) is 2.87. The zero-order valence-corrected chi connectivity index (χ0v) is 18.5. The molecule has 1 aliphatic heterocycles. The van der Waals surface area contributed by atoms with Crippen molar-refractivity contribution in [2.45, 2.75) is 17.7 Å². The second-order valence-electron chi connectivity index (χ2n) is 6.34. The Bertz CT molecular complexity index is 577. The highest BCUT2D eigenvalue weighted by Gasteiger charge is 2.20. The number of nitrogens with zero attached hydrogens (tertiary/aromatic N) is 4. The van der Waals surface area contributed by atoms with Gasteiger partial charge in [0.05, 0.1) is 13.2 Å². The summed E-state index contributed by atoms with van der Waals surface area (Å²) in [7, 11) is 1.63. The van der Waals surface area contributed by atoms with Crippen LogP contribution < -0.4 is 10.6 Å². The monoisotopic (exact) mass is 428 g/mol. The van der Waals surface area contributed by atoms with Gasteiger partial charge in [-0.25, -0.2) is 4.98 Å². The topological polar surface area (TPSA) is 82.1 Å². The normalized spacial score (nSPS) is 15.6. The minimum absolute atomic E-state index is 0.0591. The number of hydrogen-bond acceptors (Lipinski definition) is 7. The lowest BCUT2D eigenvalue weighted by Gasteiger charge is -2.36. The lowest BCUT2D eigenvalue weighted by molar-refractivity contribution is -0.122. The summed E-state index contributed by atoms with van der Waals surface area (Å²) in [6.45, 7) is 8.79. The number of piperazine rings is 1. The highest BCUT2D eigenvalue weighted by atomic mass is 32.2. The van der Waals surface area contributed by atoms with Crippen LogP contribution in [0.25, 0.3) is 0 Å². The maximum atomic E-state index is 11.9. The van der Waals surface area contributed by atoms with E-state index in [-0.39, 0.29) is 5.91 Å². The van der Waals surface area contributed by atoms with Gasteiger partial charge in [0.2, 0.25) is 5.91 Å². The third-order valence-corrected chi connectivity index (χ3v) is 6.25. The number of guanidine groups is 1. The van der Waals surface area contributed by atoms with Crippen molar-refractivity contribution in [2.24, 2.45) is 4.99 Å². The van der Waals surface area contributed by atoms with Gasteiger partial charge in [0.1, 0.15) is 4.34 Å². The lowest BCUT2D eigenvalue weighted by atomic mass is 10.3. The second kappa shape index (κ2) is 13.8. The van der Waals surface area contributed by atoms with Gasteiger partial charge in [-0.1, -0.05) is 11.8 Å². The molecule has 2 heterocycles. The van der Waals surface area contributed by atoms with Crippen molar-refractivity contribution in [1.29, 1.82) is 0 Å². The molecule has 28 heavy (non-hydrogen) atoms. The van der Waals surface area contributed by atoms with Gasteiger partial charge in [0.15, 0.2) is 5.96 Å². The number of aliphatic imine (C=N–C) groups is 1. The van der Waals surface area contributed by atoms with E-state index < -0.39 is 0 Å². The fourth-order valence-corrected chi connectivity index (χ4v) is 4.42. The van der Waals surface area contributed by atoms with Gasteiger partial charge in [-0.15, -0.1) is 11.3 Å². The van der Waals surface area contributed by atoms with E-state index >= 15 is 0 Å². The molecule has 0 radical (unpaired) electrons. The fourth-order valence-electron chi connectivity index (χ4n) is 2.79.